The van der Waals surface area contributed by atoms with Crippen LogP contribution >= 0.6 is 0 Å². The van der Waals surface area contributed by atoms with Crippen LogP contribution in [0.1, 0.15) is 17.0 Å². The van der Waals surface area contributed by atoms with Crippen LogP contribution in [0.25, 0.3) is 0 Å². The van der Waals surface area contributed by atoms with Crippen molar-refractivity contribution in [2.75, 3.05) is 33.3 Å². The Morgan fingerprint density at radius 2 is 2.00 bits per heavy atom. The summed E-state index contributed by atoms with van der Waals surface area (Å²) in [5, 5.41) is 13.1. The van der Waals surface area contributed by atoms with Gasteiger partial charge in [0.15, 0.2) is 11.5 Å². The molecule has 0 saturated heterocycles. The lowest BCUT2D eigenvalue weighted by molar-refractivity contribution is -0.136. The number of nitrogens with zero attached hydrogens (tertiary/aromatic N) is 2. The molecule has 140 valence electrons. The molecule has 0 amide bonds. The van der Waals surface area contributed by atoms with E-state index < -0.39 is 11.9 Å². The number of carbonyl (C=O) groups is 1. The van der Waals surface area contributed by atoms with Gasteiger partial charge in [-0.25, -0.2) is 4.79 Å². The average Bonchev–Trinajstić information content (AvgIpc) is 3.06. The zero-order valence-corrected chi connectivity index (χ0v) is 14.9. The SMILES string of the molecule is COc1nc2c(c(OC)n1)C(c1ccc(O)c(OC)c1)C1=C(COC1=O)N2. The third-order valence-corrected chi connectivity index (χ3v) is 4.54. The fourth-order valence-corrected chi connectivity index (χ4v) is 3.34. The quantitative estimate of drug-likeness (QED) is 0.774. The third kappa shape index (κ3) is 2.59. The van der Waals surface area contributed by atoms with Crippen molar-refractivity contribution in [1.82, 2.24) is 9.97 Å². The van der Waals surface area contributed by atoms with E-state index in [9.17, 15) is 9.90 Å². The summed E-state index contributed by atoms with van der Waals surface area (Å²) in [5.41, 5.74) is 2.34. The number of aromatic hydroxyl groups is 1. The van der Waals surface area contributed by atoms with E-state index in [0.717, 1.165) is 0 Å². The number of fused-ring (bicyclic) bond motifs is 1. The van der Waals surface area contributed by atoms with Gasteiger partial charge in [-0.1, -0.05) is 6.07 Å². The average molecular weight is 371 g/mol. The third-order valence-electron chi connectivity index (χ3n) is 4.54. The Hall–Kier alpha value is -3.49. The van der Waals surface area contributed by atoms with Gasteiger partial charge in [0.05, 0.1) is 44.1 Å². The number of methoxy groups -OCH3 is 3. The number of carbonyl (C=O) groups excluding carboxylic acids is 1. The van der Waals surface area contributed by atoms with E-state index in [4.69, 9.17) is 18.9 Å². The van der Waals surface area contributed by atoms with Crippen LogP contribution in [0.5, 0.6) is 23.4 Å². The molecule has 3 heterocycles. The van der Waals surface area contributed by atoms with Gasteiger partial charge in [0.1, 0.15) is 12.4 Å². The molecule has 0 aliphatic carbocycles. The standard InChI is InChI=1S/C18H17N3O6/c1-24-11-6-8(4-5-10(11)22)12-13-9(7-27-17(13)23)19-15-14(12)16(25-2)21-18(20-15)26-3/h4-6,12,22H,7H2,1-3H3,(H,19,20,21). The topological polar surface area (TPSA) is 112 Å². The van der Waals surface area contributed by atoms with Crippen LogP contribution in [0.3, 0.4) is 0 Å². The second-order valence-electron chi connectivity index (χ2n) is 5.94. The van der Waals surface area contributed by atoms with Crippen LogP contribution in [0.2, 0.25) is 0 Å². The van der Waals surface area contributed by atoms with Gasteiger partial charge in [-0.15, -0.1) is 0 Å². The number of hydrogen-bond acceptors (Lipinski definition) is 9. The number of cyclic esters (lactones) is 1. The number of phenols is 1. The summed E-state index contributed by atoms with van der Waals surface area (Å²) >= 11 is 0. The minimum absolute atomic E-state index is 0.00319. The molecule has 1 unspecified atom stereocenters. The van der Waals surface area contributed by atoms with Crippen molar-refractivity contribution in [2.24, 2.45) is 0 Å². The van der Waals surface area contributed by atoms with E-state index in [1.807, 2.05) is 0 Å². The Labute approximate surface area is 154 Å². The minimum atomic E-state index is -0.554. The summed E-state index contributed by atoms with van der Waals surface area (Å²) in [7, 11) is 4.39. The molecule has 0 bridgehead atoms. The molecule has 1 aromatic carbocycles. The lowest BCUT2D eigenvalue weighted by Crippen LogP contribution is -2.22. The number of esters is 1. The van der Waals surface area contributed by atoms with Crippen molar-refractivity contribution in [1.29, 1.82) is 0 Å². The summed E-state index contributed by atoms with van der Waals surface area (Å²) < 4.78 is 21.0. The van der Waals surface area contributed by atoms with Crippen LogP contribution in [0, 0.1) is 0 Å². The monoisotopic (exact) mass is 371 g/mol. The van der Waals surface area contributed by atoms with Crippen LogP contribution in [0.15, 0.2) is 29.5 Å². The Morgan fingerprint density at radius 3 is 2.70 bits per heavy atom. The Kier molecular flexibility index (Phi) is 3.98. The molecule has 0 fully saturated rings. The van der Waals surface area contributed by atoms with Gasteiger partial charge < -0.3 is 29.4 Å². The van der Waals surface area contributed by atoms with Gasteiger partial charge in [-0.3, -0.25) is 0 Å². The summed E-state index contributed by atoms with van der Waals surface area (Å²) in [6, 6.07) is 5.01. The highest BCUT2D eigenvalue weighted by molar-refractivity contribution is 5.97. The van der Waals surface area contributed by atoms with Crippen molar-refractivity contribution in [3.63, 3.8) is 0 Å². The van der Waals surface area contributed by atoms with Gasteiger partial charge in [0.25, 0.3) is 0 Å². The molecule has 9 heteroatoms. The molecule has 2 N–H and O–H groups in total. The highest BCUT2D eigenvalue weighted by Crippen LogP contribution is 2.48. The molecular weight excluding hydrogens is 354 g/mol. The molecule has 4 rings (SSSR count). The Balaban J connectivity index is 1.97. The number of nitrogens with one attached hydrogen (secondary N) is 1. The van der Waals surface area contributed by atoms with Crippen molar-refractivity contribution in [3.8, 4) is 23.4 Å². The fourth-order valence-electron chi connectivity index (χ4n) is 3.34. The maximum absolute atomic E-state index is 12.4. The molecule has 9 nitrogen and oxygen atoms in total. The second kappa shape index (κ2) is 6.35. The Morgan fingerprint density at radius 1 is 1.19 bits per heavy atom. The number of hydrogen-bond donors (Lipinski definition) is 2. The maximum atomic E-state index is 12.4. The smallest absolute Gasteiger partial charge is 0.337 e. The van der Waals surface area contributed by atoms with Crippen LogP contribution in [-0.2, 0) is 9.53 Å². The first kappa shape index (κ1) is 17.0. The van der Waals surface area contributed by atoms with E-state index in [0.29, 0.717) is 28.2 Å². The van der Waals surface area contributed by atoms with Crippen LogP contribution in [0.4, 0.5) is 5.82 Å². The highest BCUT2D eigenvalue weighted by atomic mass is 16.5. The molecule has 1 atom stereocenters. The number of benzene rings is 1. The van der Waals surface area contributed by atoms with E-state index in [1.54, 1.807) is 12.1 Å². The molecule has 0 saturated carbocycles. The fraction of sp³-hybridized carbons (Fsp3) is 0.278. The molecule has 2 aliphatic rings. The van der Waals surface area contributed by atoms with Crippen molar-refractivity contribution >= 4 is 11.8 Å². The van der Waals surface area contributed by atoms with Gasteiger partial charge in [-0.05, 0) is 17.7 Å². The highest BCUT2D eigenvalue weighted by Gasteiger charge is 2.42. The molecule has 2 aliphatic heterocycles. The molecule has 27 heavy (non-hydrogen) atoms. The zero-order valence-electron chi connectivity index (χ0n) is 14.9. The predicted molar refractivity (Wildman–Crippen MR) is 93.2 cm³/mol. The number of ether oxygens (including phenoxy) is 4. The first-order chi connectivity index (χ1) is 13.1. The minimum Gasteiger partial charge on any atom is -0.504 e. The van der Waals surface area contributed by atoms with Gasteiger partial charge in [0, 0.05) is 0 Å². The van der Waals surface area contributed by atoms with Gasteiger partial charge in [0.2, 0.25) is 5.88 Å². The number of rotatable bonds is 4. The normalized spacial score (nSPS) is 17.6. The van der Waals surface area contributed by atoms with E-state index in [1.165, 1.54) is 27.4 Å². The number of aromatic nitrogens is 2. The van der Waals surface area contributed by atoms with E-state index >= 15 is 0 Å². The second-order valence-corrected chi connectivity index (χ2v) is 5.94. The lowest BCUT2D eigenvalue weighted by Gasteiger charge is -2.27. The predicted octanol–water partition coefficient (Wildman–Crippen LogP) is 1.58. The van der Waals surface area contributed by atoms with E-state index in [-0.39, 0.29) is 30.0 Å². The van der Waals surface area contributed by atoms with Crippen LogP contribution < -0.4 is 19.5 Å². The summed E-state index contributed by atoms with van der Waals surface area (Å²) in [5.74, 6) is 0.0335. The number of phenolic OH excluding ortho intramolecular Hbond substituents is 1. The van der Waals surface area contributed by atoms with Gasteiger partial charge in [-0.2, -0.15) is 9.97 Å². The molecule has 1 aromatic heterocycles. The molecule has 0 spiro atoms. The maximum Gasteiger partial charge on any atom is 0.337 e. The molecule has 2 aromatic rings. The lowest BCUT2D eigenvalue weighted by atomic mass is 9.82. The van der Waals surface area contributed by atoms with Crippen molar-refractivity contribution in [2.45, 2.75) is 5.92 Å². The summed E-state index contributed by atoms with van der Waals surface area (Å²) in [6.07, 6.45) is 0. The summed E-state index contributed by atoms with van der Waals surface area (Å²) in [6.45, 7) is 0.119. The first-order valence-corrected chi connectivity index (χ1v) is 8.11. The molecular formula is C18H17N3O6. The zero-order chi connectivity index (χ0) is 19.1. The Bertz CT molecular complexity index is 972. The first-order valence-electron chi connectivity index (χ1n) is 8.11. The van der Waals surface area contributed by atoms with Crippen LogP contribution in [-0.4, -0.2) is 49.0 Å². The van der Waals surface area contributed by atoms with Crippen molar-refractivity contribution in [3.05, 3.63) is 40.6 Å². The largest absolute Gasteiger partial charge is 0.504 e. The van der Waals surface area contributed by atoms with E-state index in [2.05, 4.69) is 15.3 Å². The summed E-state index contributed by atoms with van der Waals surface area (Å²) in [4.78, 5) is 21.0. The van der Waals surface area contributed by atoms with Crippen molar-refractivity contribution < 1.29 is 28.8 Å². The number of anilines is 1. The molecule has 0 radical (unpaired) electrons. The van der Waals surface area contributed by atoms with Gasteiger partial charge >= 0.3 is 12.0 Å².